The third-order valence-electron chi connectivity index (χ3n) is 4.54. The fraction of sp³-hybridized carbons (Fsp3) is 0.588. The van der Waals surface area contributed by atoms with Crippen LogP contribution in [-0.2, 0) is 9.47 Å². The lowest BCUT2D eigenvalue weighted by Crippen LogP contribution is -2.41. The van der Waals surface area contributed by atoms with Gasteiger partial charge in [-0.25, -0.2) is 0 Å². The standard InChI is InChI=1S/C17H23BrN2O2/c1-11(2)22-15-7-14(19)12(6-13(15)18)8-20-17-5-4-16(3,9-17)21-10-17/h6-8,11,19-20H,4-5,9-10H2,1-3H3/b12-8-,19-14?. The van der Waals surface area contributed by atoms with E-state index in [-0.39, 0.29) is 17.2 Å². The van der Waals surface area contributed by atoms with Crippen molar-refractivity contribution in [3.05, 3.63) is 34.2 Å². The van der Waals surface area contributed by atoms with E-state index in [0.717, 1.165) is 35.9 Å². The van der Waals surface area contributed by atoms with Crippen molar-refractivity contribution >= 4 is 21.6 Å². The lowest BCUT2D eigenvalue weighted by molar-refractivity contribution is -0.00738. The number of allylic oxidation sites excluding steroid dienone is 4. The van der Waals surface area contributed by atoms with Gasteiger partial charge in [0.2, 0.25) is 0 Å². The molecule has 1 aliphatic heterocycles. The number of hydrogen-bond acceptors (Lipinski definition) is 4. The average molecular weight is 367 g/mol. The molecule has 2 aliphatic carbocycles. The van der Waals surface area contributed by atoms with E-state index in [1.165, 1.54) is 0 Å². The van der Waals surface area contributed by atoms with Gasteiger partial charge in [0, 0.05) is 24.3 Å². The third kappa shape index (κ3) is 3.01. The van der Waals surface area contributed by atoms with Gasteiger partial charge < -0.3 is 20.2 Å². The molecule has 1 heterocycles. The first-order valence-electron chi connectivity index (χ1n) is 7.78. The quantitative estimate of drug-likeness (QED) is 0.795. The fourth-order valence-corrected chi connectivity index (χ4v) is 3.84. The van der Waals surface area contributed by atoms with Crippen molar-refractivity contribution < 1.29 is 9.47 Å². The molecule has 3 rings (SSSR count). The fourth-order valence-electron chi connectivity index (χ4n) is 3.38. The highest BCUT2D eigenvalue weighted by Gasteiger charge is 2.52. The molecular weight excluding hydrogens is 344 g/mol. The number of halogens is 1. The predicted octanol–water partition coefficient (Wildman–Crippen LogP) is 3.79. The molecule has 120 valence electrons. The molecule has 1 saturated heterocycles. The van der Waals surface area contributed by atoms with Crippen molar-refractivity contribution in [1.82, 2.24) is 5.32 Å². The maximum atomic E-state index is 8.19. The van der Waals surface area contributed by atoms with Gasteiger partial charge in [0.25, 0.3) is 0 Å². The molecule has 2 fully saturated rings. The summed E-state index contributed by atoms with van der Waals surface area (Å²) in [5.41, 5.74) is 1.40. The Morgan fingerprint density at radius 1 is 1.41 bits per heavy atom. The van der Waals surface area contributed by atoms with Gasteiger partial charge in [0.05, 0.1) is 34.0 Å². The van der Waals surface area contributed by atoms with Gasteiger partial charge >= 0.3 is 0 Å². The molecule has 4 nitrogen and oxygen atoms in total. The Labute approximate surface area is 140 Å². The first-order chi connectivity index (χ1) is 10.3. The molecule has 2 bridgehead atoms. The summed E-state index contributed by atoms with van der Waals surface area (Å²) < 4.78 is 12.5. The van der Waals surface area contributed by atoms with Crippen LogP contribution in [0.1, 0.15) is 40.0 Å². The summed E-state index contributed by atoms with van der Waals surface area (Å²) in [4.78, 5) is 0. The molecule has 5 heteroatoms. The van der Waals surface area contributed by atoms with Crippen LogP contribution in [0.5, 0.6) is 0 Å². The minimum atomic E-state index is 0.0418. The van der Waals surface area contributed by atoms with E-state index < -0.39 is 0 Å². The van der Waals surface area contributed by atoms with Gasteiger partial charge in [-0.1, -0.05) is 0 Å². The third-order valence-corrected chi connectivity index (χ3v) is 5.16. The minimum absolute atomic E-state index is 0.0418. The summed E-state index contributed by atoms with van der Waals surface area (Å²) in [5.74, 6) is 0.716. The zero-order valence-corrected chi connectivity index (χ0v) is 14.9. The van der Waals surface area contributed by atoms with Crippen LogP contribution in [0.3, 0.4) is 0 Å². The number of nitrogens with one attached hydrogen (secondary N) is 2. The van der Waals surface area contributed by atoms with Crippen LogP contribution in [0.2, 0.25) is 0 Å². The van der Waals surface area contributed by atoms with Crippen molar-refractivity contribution in [2.75, 3.05) is 6.61 Å². The van der Waals surface area contributed by atoms with Crippen molar-refractivity contribution in [1.29, 1.82) is 5.41 Å². The largest absolute Gasteiger partial charge is 0.490 e. The molecule has 3 aliphatic rings. The van der Waals surface area contributed by atoms with Crippen molar-refractivity contribution in [3.63, 3.8) is 0 Å². The van der Waals surface area contributed by atoms with E-state index in [0.29, 0.717) is 11.5 Å². The second-order valence-corrected chi connectivity index (χ2v) is 7.88. The summed E-state index contributed by atoms with van der Waals surface area (Å²) in [7, 11) is 0. The van der Waals surface area contributed by atoms with Crippen molar-refractivity contribution in [2.24, 2.45) is 0 Å². The Balaban J connectivity index is 1.71. The Morgan fingerprint density at radius 2 is 2.18 bits per heavy atom. The lowest BCUT2D eigenvalue weighted by Gasteiger charge is -2.27. The van der Waals surface area contributed by atoms with Crippen molar-refractivity contribution in [3.8, 4) is 0 Å². The van der Waals surface area contributed by atoms with Crippen LogP contribution in [0, 0.1) is 5.41 Å². The molecule has 2 unspecified atom stereocenters. The monoisotopic (exact) mass is 366 g/mol. The zero-order valence-electron chi connectivity index (χ0n) is 13.3. The number of rotatable bonds is 4. The highest BCUT2D eigenvalue weighted by Crippen LogP contribution is 2.46. The molecule has 0 aromatic heterocycles. The zero-order chi connectivity index (χ0) is 16.0. The maximum Gasteiger partial charge on any atom is 0.136 e. The second-order valence-electron chi connectivity index (χ2n) is 7.02. The summed E-state index contributed by atoms with van der Waals surface area (Å²) in [5, 5.41) is 11.7. The molecule has 0 spiro atoms. The second kappa shape index (κ2) is 5.53. The summed E-state index contributed by atoms with van der Waals surface area (Å²) in [6.07, 6.45) is 9.02. The summed E-state index contributed by atoms with van der Waals surface area (Å²) in [6, 6.07) is 0. The Morgan fingerprint density at radius 3 is 2.73 bits per heavy atom. The van der Waals surface area contributed by atoms with E-state index >= 15 is 0 Å². The van der Waals surface area contributed by atoms with Crippen LogP contribution in [-0.4, -0.2) is 29.6 Å². The summed E-state index contributed by atoms with van der Waals surface area (Å²) in [6.45, 7) is 6.90. The van der Waals surface area contributed by atoms with E-state index in [2.05, 4.69) is 28.2 Å². The molecule has 0 aromatic rings. The lowest BCUT2D eigenvalue weighted by atomic mass is 9.98. The highest BCUT2D eigenvalue weighted by molar-refractivity contribution is 9.12. The van der Waals surface area contributed by atoms with Crippen LogP contribution < -0.4 is 5.32 Å². The Hall–Kier alpha value is -1.07. The molecular formula is C17H23BrN2O2. The van der Waals surface area contributed by atoms with E-state index in [4.69, 9.17) is 14.9 Å². The number of fused-ring (bicyclic) bond motifs is 2. The first kappa shape index (κ1) is 15.8. The average Bonchev–Trinajstić information content (AvgIpc) is 2.94. The van der Waals surface area contributed by atoms with Crippen LogP contribution >= 0.6 is 15.9 Å². The molecule has 0 radical (unpaired) electrons. The predicted molar refractivity (Wildman–Crippen MR) is 91.2 cm³/mol. The molecule has 2 N–H and O–H groups in total. The van der Waals surface area contributed by atoms with E-state index in [9.17, 15) is 0 Å². The van der Waals surface area contributed by atoms with Gasteiger partial charge in [0.15, 0.2) is 0 Å². The van der Waals surface area contributed by atoms with Gasteiger partial charge in [-0.05, 0) is 55.6 Å². The van der Waals surface area contributed by atoms with E-state index in [1.54, 1.807) is 6.08 Å². The molecule has 2 atom stereocenters. The van der Waals surface area contributed by atoms with Crippen LogP contribution in [0.25, 0.3) is 0 Å². The summed E-state index contributed by atoms with van der Waals surface area (Å²) >= 11 is 3.53. The van der Waals surface area contributed by atoms with Gasteiger partial charge in [-0.15, -0.1) is 0 Å². The highest BCUT2D eigenvalue weighted by atomic mass is 79.9. The Kier molecular flexibility index (Phi) is 3.98. The Bertz CT molecular complexity index is 581. The first-order valence-corrected chi connectivity index (χ1v) is 8.57. The topological polar surface area (TPSA) is 54.3 Å². The molecule has 0 amide bonds. The number of ether oxygens (including phenoxy) is 2. The van der Waals surface area contributed by atoms with Crippen LogP contribution in [0.4, 0.5) is 0 Å². The van der Waals surface area contributed by atoms with Gasteiger partial charge in [-0.3, -0.25) is 0 Å². The van der Waals surface area contributed by atoms with Gasteiger partial charge in [0.1, 0.15) is 5.76 Å². The van der Waals surface area contributed by atoms with Gasteiger partial charge in [-0.2, -0.15) is 0 Å². The van der Waals surface area contributed by atoms with E-state index in [1.807, 2.05) is 26.1 Å². The molecule has 0 aromatic carbocycles. The molecule has 22 heavy (non-hydrogen) atoms. The minimum Gasteiger partial charge on any atom is -0.490 e. The van der Waals surface area contributed by atoms with Crippen molar-refractivity contribution in [2.45, 2.75) is 57.3 Å². The molecule has 1 saturated carbocycles. The number of hydrogen-bond donors (Lipinski definition) is 2. The SMILES string of the molecule is CC(C)OC1=CC(=N)/C(=C\NC23CCC(C)(C2)OC3)C=C1Br. The normalized spacial score (nSPS) is 35.9. The smallest absolute Gasteiger partial charge is 0.136 e. The maximum absolute atomic E-state index is 8.19. The van der Waals surface area contributed by atoms with Crippen LogP contribution in [0.15, 0.2) is 34.2 Å².